The zero-order valence-electron chi connectivity index (χ0n) is 18.0. The molecular weight excluding hydrogens is 426 g/mol. The highest BCUT2D eigenvalue weighted by Gasteiger charge is 2.30. The van der Waals surface area contributed by atoms with Crippen LogP contribution in [0.25, 0.3) is 21.1 Å². The first-order valence-electron chi connectivity index (χ1n) is 10.3. The Labute approximate surface area is 189 Å². The lowest BCUT2D eigenvalue weighted by molar-refractivity contribution is 0.0496. The van der Waals surface area contributed by atoms with Gasteiger partial charge in [-0.05, 0) is 62.6 Å². The quantitative estimate of drug-likeness (QED) is 0.480. The first-order valence-corrected chi connectivity index (χ1v) is 11.1. The number of alkyl carbamates (subject to hydrolysis) is 1. The van der Waals surface area contributed by atoms with Crippen molar-refractivity contribution in [1.82, 2.24) is 24.6 Å². The van der Waals surface area contributed by atoms with Crippen LogP contribution in [0, 0.1) is 0 Å². The molecule has 1 aromatic carbocycles. The first-order chi connectivity index (χ1) is 15.3. The van der Waals surface area contributed by atoms with E-state index in [9.17, 15) is 4.79 Å². The second-order valence-electron chi connectivity index (χ2n) is 8.71. The highest BCUT2D eigenvalue weighted by atomic mass is 32.1. The minimum absolute atomic E-state index is 0.0260. The monoisotopic (exact) mass is 449 g/mol. The molecule has 3 aromatic heterocycles. The van der Waals surface area contributed by atoms with Crippen LogP contribution in [-0.4, -0.2) is 50.2 Å². The predicted molar refractivity (Wildman–Crippen MR) is 126 cm³/mol. The molecule has 0 spiro atoms. The topological polar surface area (TPSA) is 105 Å². The highest BCUT2D eigenvalue weighted by Crippen LogP contribution is 2.28. The number of nitrogens with one attached hydrogen (secondary N) is 2. The van der Waals surface area contributed by atoms with Crippen molar-refractivity contribution in [3.05, 3.63) is 42.9 Å². The number of benzene rings is 1. The molecule has 32 heavy (non-hydrogen) atoms. The SMILES string of the molecule is CC(C)(C)OC(=O)NC1CN(c2ccc3ncnc(Nc4ccc5cnsc5c4)c3n2)C1. The van der Waals surface area contributed by atoms with Crippen molar-refractivity contribution in [3.8, 4) is 0 Å². The number of nitrogens with zero attached hydrogens (tertiary/aromatic N) is 5. The molecule has 2 N–H and O–H groups in total. The molecule has 9 nitrogen and oxygen atoms in total. The van der Waals surface area contributed by atoms with Crippen molar-refractivity contribution >= 4 is 56.1 Å². The van der Waals surface area contributed by atoms with Crippen LogP contribution in [0.15, 0.2) is 42.9 Å². The van der Waals surface area contributed by atoms with E-state index in [1.54, 1.807) is 0 Å². The van der Waals surface area contributed by atoms with Gasteiger partial charge in [-0.1, -0.05) is 0 Å². The zero-order valence-corrected chi connectivity index (χ0v) is 18.8. The average molecular weight is 450 g/mol. The maximum absolute atomic E-state index is 12.0. The summed E-state index contributed by atoms with van der Waals surface area (Å²) in [5.74, 6) is 1.46. The van der Waals surface area contributed by atoms with Crippen LogP contribution in [0.5, 0.6) is 0 Å². The molecule has 1 fully saturated rings. The van der Waals surface area contributed by atoms with E-state index in [-0.39, 0.29) is 6.04 Å². The number of amides is 1. The Kier molecular flexibility index (Phi) is 5.01. The average Bonchev–Trinajstić information content (AvgIpc) is 3.17. The van der Waals surface area contributed by atoms with Gasteiger partial charge in [-0.25, -0.2) is 19.7 Å². The number of ether oxygens (including phenoxy) is 1. The third kappa shape index (κ3) is 4.26. The van der Waals surface area contributed by atoms with Gasteiger partial charge >= 0.3 is 6.09 Å². The molecule has 4 aromatic rings. The standard InChI is InChI=1S/C22H23N7O2S/c1-22(2,3)31-21(30)27-15-10-29(11-15)18-7-6-16-19(28-18)20(24-12-23-16)26-14-5-4-13-9-25-32-17(13)8-14/h4-9,12,15H,10-11H2,1-3H3,(H,27,30)(H,23,24,26). The second-order valence-corrected chi connectivity index (χ2v) is 9.54. The Morgan fingerprint density at radius 3 is 2.84 bits per heavy atom. The number of hydrogen-bond donors (Lipinski definition) is 2. The molecule has 1 aliphatic rings. The molecule has 5 rings (SSSR count). The van der Waals surface area contributed by atoms with E-state index in [0.717, 1.165) is 27.1 Å². The molecule has 10 heteroatoms. The third-order valence-corrected chi connectivity index (χ3v) is 5.77. The minimum Gasteiger partial charge on any atom is -0.444 e. The van der Waals surface area contributed by atoms with Gasteiger partial charge in [0.1, 0.15) is 23.3 Å². The van der Waals surface area contributed by atoms with Crippen LogP contribution >= 0.6 is 11.5 Å². The van der Waals surface area contributed by atoms with E-state index in [2.05, 4.69) is 29.9 Å². The van der Waals surface area contributed by atoms with Crippen LogP contribution in [0.3, 0.4) is 0 Å². The van der Waals surface area contributed by atoms with Crippen molar-refractivity contribution in [2.45, 2.75) is 32.4 Å². The Morgan fingerprint density at radius 2 is 2.03 bits per heavy atom. The summed E-state index contributed by atoms with van der Waals surface area (Å²) in [6.07, 6.45) is 2.99. The largest absolute Gasteiger partial charge is 0.444 e. The number of rotatable bonds is 4. The lowest BCUT2D eigenvalue weighted by Crippen LogP contribution is -2.60. The normalized spacial score (nSPS) is 14.4. The fourth-order valence-electron chi connectivity index (χ4n) is 3.50. The molecular formula is C22H23N7O2S. The van der Waals surface area contributed by atoms with Gasteiger partial charge in [0, 0.05) is 30.4 Å². The lowest BCUT2D eigenvalue weighted by atomic mass is 10.1. The molecule has 1 aliphatic heterocycles. The number of pyridine rings is 1. The molecule has 0 atom stereocenters. The molecule has 0 radical (unpaired) electrons. The third-order valence-electron chi connectivity index (χ3n) is 5.01. The Bertz CT molecular complexity index is 1290. The number of hydrogen-bond acceptors (Lipinski definition) is 9. The van der Waals surface area contributed by atoms with Gasteiger partial charge in [0.2, 0.25) is 0 Å². The summed E-state index contributed by atoms with van der Waals surface area (Å²) in [4.78, 5) is 27.6. The number of carbonyl (C=O) groups is 1. The van der Waals surface area contributed by atoms with Gasteiger partial charge in [0.15, 0.2) is 5.82 Å². The maximum Gasteiger partial charge on any atom is 0.407 e. The van der Waals surface area contributed by atoms with Crippen molar-refractivity contribution < 1.29 is 9.53 Å². The number of carbonyl (C=O) groups excluding carboxylic acids is 1. The van der Waals surface area contributed by atoms with Gasteiger partial charge < -0.3 is 20.3 Å². The number of anilines is 3. The summed E-state index contributed by atoms with van der Waals surface area (Å²) >= 11 is 1.46. The summed E-state index contributed by atoms with van der Waals surface area (Å²) in [6, 6.07) is 9.97. The van der Waals surface area contributed by atoms with Crippen LogP contribution in [0.2, 0.25) is 0 Å². The Balaban J connectivity index is 1.31. The summed E-state index contributed by atoms with van der Waals surface area (Å²) in [5, 5.41) is 7.37. The van der Waals surface area contributed by atoms with Crippen LogP contribution in [-0.2, 0) is 4.74 Å². The fraction of sp³-hybridized carbons (Fsp3) is 0.318. The summed E-state index contributed by atoms with van der Waals surface area (Å²) in [6.45, 7) is 6.87. The summed E-state index contributed by atoms with van der Waals surface area (Å²) in [5.41, 5.74) is 1.85. The van der Waals surface area contributed by atoms with E-state index >= 15 is 0 Å². The minimum atomic E-state index is -0.513. The van der Waals surface area contributed by atoms with Crippen molar-refractivity contribution in [1.29, 1.82) is 0 Å². The van der Waals surface area contributed by atoms with Gasteiger partial charge in [0.05, 0.1) is 16.3 Å². The highest BCUT2D eigenvalue weighted by molar-refractivity contribution is 7.13. The fourth-order valence-corrected chi connectivity index (χ4v) is 4.19. The summed E-state index contributed by atoms with van der Waals surface area (Å²) < 4.78 is 10.7. The zero-order chi connectivity index (χ0) is 22.3. The molecule has 0 bridgehead atoms. The van der Waals surface area contributed by atoms with Crippen LogP contribution < -0.4 is 15.5 Å². The van der Waals surface area contributed by atoms with Crippen molar-refractivity contribution in [2.24, 2.45) is 0 Å². The number of fused-ring (bicyclic) bond motifs is 2. The molecule has 1 saturated heterocycles. The van der Waals surface area contributed by atoms with E-state index in [1.807, 2.05) is 57.3 Å². The molecule has 0 saturated carbocycles. The lowest BCUT2D eigenvalue weighted by Gasteiger charge is -2.40. The van der Waals surface area contributed by atoms with E-state index in [4.69, 9.17) is 9.72 Å². The van der Waals surface area contributed by atoms with Gasteiger partial charge in [-0.15, -0.1) is 0 Å². The Hall–Kier alpha value is -3.53. The first kappa shape index (κ1) is 20.4. The van der Waals surface area contributed by atoms with Gasteiger partial charge in [0.25, 0.3) is 0 Å². The van der Waals surface area contributed by atoms with Crippen molar-refractivity contribution in [2.75, 3.05) is 23.3 Å². The van der Waals surface area contributed by atoms with Gasteiger partial charge in [-0.3, -0.25) is 0 Å². The Morgan fingerprint density at radius 1 is 1.19 bits per heavy atom. The molecule has 0 aliphatic carbocycles. The van der Waals surface area contributed by atoms with E-state index < -0.39 is 11.7 Å². The second kappa shape index (κ2) is 7.86. The smallest absolute Gasteiger partial charge is 0.407 e. The van der Waals surface area contributed by atoms with Gasteiger partial charge in [-0.2, -0.15) is 4.37 Å². The van der Waals surface area contributed by atoms with Crippen LogP contribution in [0.4, 0.5) is 22.1 Å². The molecule has 164 valence electrons. The summed E-state index contributed by atoms with van der Waals surface area (Å²) in [7, 11) is 0. The number of aromatic nitrogens is 4. The van der Waals surface area contributed by atoms with Crippen molar-refractivity contribution in [3.63, 3.8) is 0 Å². The maximum atomic E-state index is 12.0. The predicted octanol–water partition coefficient (Wildman–Crippen LogP) is 4.09. The molecule has 0 unspecified atom stereocenters. The van der Waals surface area contributed by atoms with E-state index in [1.165, 1.54) is 17.9 Å². The van der Waals surface area contributed by atoms with Crippen LogP contribution in [0.1, 0.15) is 20.8 Å². The molecule has 1 amide bonds. The molecule has 4 heterocycles. The van der Waals surface area contributed by atoms with E-state index in [0.29, 0.717) is 24.4 Å².